The largest absolute Gasteiger partial charge is 0.480 e. The summed E-state index contributed by atoms with van der Waals surface area (Å²) in [6, 6.07) is 0.0782. The molecule has 1 saturated heterocycles. The third-order valence-corrected chi connectivity index (χ3v) is 5.78. The fraction of sp³-hybridized carbons (Fsp3) is 0.923. The smallest absolute Gasteiger partial charge is 0.323 e. The molecule has 0 aromatic carbocycles. The van der Waals surface area contributed by atoms with E-state index in [-0.39, 0.29) is 18.5 Å². The second-order valence-electron chi connectivity index (χ2n) is 6.02. The summed E-state index contributed by atoms with van der Waals surface area (Å²) >= 11 is 0. The number of nitrogens with zero attached hydrogens (tertiary/aromatic N) is 2. The Hall–Kier alpha value is -0.700. The highest BCUT2D eigenvalue weighted by Gasteiger charge is 2.30. The zero-order chi connectivity index (χ0) is 16.2. The van der Waals surface area contributed by atoms with Gasteiger partial charge in [-0.3, -0.25) is 9.69 Å². The van der Waals surface area contributed by atoms with E-state index in [4.69, 9.17) is 5.11 Å². The van der Waals surface area contributed by atoms with E-state index in [1.165, 1.54) is 6.92 Å². The van der Waals surface area contributed by atoms with Gasteiger partial charge in [-0.15, -0.1) is 0 Å². The molecule has 0 aliphatic carbocycles. The zero-order valence-electron chi connectivity index (χ0n) is 13.2. The van der Waals surface area contributed by atoms with Gasteiger partial charge >= 0.3 is 5.97 Å². The lowest BCUT2D eigenvalue weighted by atomic mass is 10.0. The Bertz CT molecular complexity index is 444. The summed E-state index contributed by atoms with van der Waals surface area (Å²) < 4.78 is 26.3. The van der Waals surface area contributed by atoms with E-state index in [1.807, 2.05) is 0 Å². The molecule has 2 N–H and O–H groups in total. The first-order valence-electron chi connectivity index (χ1n) is 7.29. The Kier molecular flexibility index (Phi) is 6.58. The number of carbonyl (C=O) groups is 1. The van der Waals surface area contributed by atoms with Crippen molar-refractivity contribution < 1.29 is 18.3 Å². The Balaban J connectivity index is 2.66. The first kappa shape index (κ1) is 18.3. The molecule has 0 saturated carbocycles. The van der Waals surface area contributed by atoms with Gasteiger partial charge in [0.15, 0.2) is 5.25 Å². The van der Waals surface area contributed by atoms with Crippen LogP contribution in [0.2, 0.25) is 0 Å². The third kappa shape index (κ3) is 5.21. The fourth-order valence-corrected chi connectivity index (χ4v) is 3.32. The summed E-state index contributed by atoms with van der Waals surface area (Å²) in [7, 11) is -1.76. The minimum absolute atomic E-state index is 0.0782. The SMILES string of the molecule is CC(C)C(CNS(=O)(=O)C(C)C(=O)O)N1CCN(C)CC1. The van der Waals surface area contributed by atoms with Crippen LogP contribution >= 0.6 is 0 Å². The number of hydrogen-bond acceptors (Lipinski definition) is 5. The quantitative estimate of drug-likeness (QED) is 0.666. The Morgan fingerprint density at radius 3 is 2.14 bits per heavy atom. The number of likely N-dealkylation sites (N-methyl/N-ethyl adjacent to an activating group) is 1. The third-order valence-electron chi connectivity index (χ3n) is 4.08. The summed E-state index contributed by atoms with van der Waals surface area (Å²) in [5, 5.41) is 7.40. The lowest BCUT2D eigenvalue weighted by Crippen LogP contribution is -2.54. The highest BCUT2D eigenvalue weighted by Crippen LogP contribution is 2.13. The van der Waals surface area contributed by atoms with E-state index in [2.05, 4.69) is 35.4 Å². The lowest BCUT2D eigenvalue weighted by Gasteiger charge is -2.40. The van der Waals surface area contributed by atoms with Gasteiger partial charge in [-0.2, -0.15) is 0 Å². The van der Waals surface area contributed by atoms with Gasteiger partial charge in [0.1, 0.15) is 0 Å². The first-order chi connectivity index (χ1) is 9.65. The van der Waals surface area contributed by atoms with Crippen LogP contribution in [0.25, 0.3) is 0 Å². The molecule has 0 aromatic heterocycles. The fourth-order valence-electron chi connectivity index (χ4n) is 2.40. The summed E-state index contributed by atoms with van der Waals surface area (Å²) in [4.78, 5) is 15.3. The van der Waals surface area contributed by atoms with Crippen LogP contribution in [0.15, 0.2) is 0 Å². The number of rotatable bonds is 7. The number of carboxylic acid groups (broad SMARTS) is 1. The van der Waals surface area contributed by atoms with Gasteiger partial charge in [0.05, 0.1) is 0 Å². The van der Waals surface area contributed by atoms with Gasteiger partial charge in [0.2, 0.25) is 10.0 Å². The van der Waals surface area contributed by atoms with Crippen LogP contribution in [0.4, 0.5) is 0 Å². The number of hydrogen-bond donors (Lipinski definition) is 2. The van der Waals surface area contributed by atoms with Gasteiger partial charge in [-0.1, -0.05) is 13.8 Å². The van der Waals surface area contributed by atoms with Crippen LogP contribution in [-0.2, 0) is 14.8 Å². The van der Waals surface area contributed by atoms with Crippen molar-refractivity contribution >= 4 is 16.0 Å². The van der Waals surface area contributed by atoms with E-state index in [0.29, 0.717) is 0 Å². The second kappa shape index (κ2) is 7.53. The van der Waals surface area contributed by atoms with Crippen molar-refractivity contribution in [2.75, 3.05) is 39.8 Å². The molecule has 8 heteroatoms. The minimum atomic E-state index is -3.82. The van der Waals surface area contributed by atoms with Gasteiger partial charge in [0.25, 0.3) is 0 Å². The van der Waals surface area contributed by atoms with Crippen molar-refractivity contribution in [1.82, 2.24) is 14.5 Å². The summed E-state index contributed by atoms with van der Waals surface area (Å²) in [5.41, 5.74) is 0. The molecule has 1 heterocycles. The van der Waals surface area contributed by atoms with Crippen molar-refractivity contribution in [3.63, 3.8) is 0 Å². The monoisotopic (exact) mass is 321 g/mol. The molecular weight excluding hydrogens is 294 g/mol. The van der Waals surface area contributed by atoms with Crippen LogP contribution in [0.3, 0.4) is 0 Å². The normalized spacial score (nSPS) is 21.4. The molecule has 2 unspecified atom stereocenters. The van der Waals surface area contributed by atoms with Crippen LogP contribution in [0, 0.1) is 5.92 Å². The van der Waals surface area contributed by atoms with Crippen LogP contribution < -0.4 is 4.72 Å². The van der Waals surface area contributed by atoms with Crippen LogP contribution in [0.5, 0.6) is 0 Å². The molecule has 1 aliphatic rings. The summed E-state index contributed by atoms with van der Waals surface area (Å²) in [6.07, 6.45) is 0. The molecule has 2 atom stereocenters. The number of carboxylic acids is 1. The zero-order valence-corrected chi connectivity index (χ0v) is 14.1. The van der Waals surface area contributed by atoms with Crippen molar-refractivity contribution in [2.24, 2.45) is 5.92 Å². The topological polar surface area (TPSA) is 89.9 Å². The Labute approximate surface area is 127 Å². The second-order valence-corrected chi connectivity index (χ2v) is 8.11. The van der Waals surface area contributed by atoms with E-state index < -0.39 is 21.2 Å². The highest BCUT2D eigenvalue weighted by atomic mass is 32.2. The summed E-state index contributed by atoms with van der Waals surface area (Å²) in [5.74, 6) is -1.04. The van der Waals surface area contributed by atoms with E-state index in [9.17, 15) is 13.2 Å². The minimum Gasteiger partial charge on any atom is -0.480 e. The molecule has 124 valence electrons. The molecule has 1 aliphatic heterocycles. The van der Waals surface area contributed by atoms with Gasteiger partial charge in [-0.25, -0.2) is 13.1 Å². The number of aliphatic carboxylic acids is 1. The highest BCUT2D eigenvalue weighted by molar-refractivity contribution is 7.90. The van der Waals surface area contributed by atoms with Crippen molar-refractivity contribution in [3.8, 4) is 0 Å². The van der Waals surface area contributed by atoms with E-state index in [0.717, 1.165) is 26.2 Å². The van der Waals surface area contributed by atoms with Gasteiger partial charge < -0.3 is 10.0 Å². The van der Waals surface area contributed by atoms with Crippen molar-refractivity contribution in [2.45, 2.75) is 32.1 Å². The average molecular weight is 321 g/mol. The average Bonchev–Trinajstić information content (AvgIpc) is 2.39. The lowest BCUT2D eigenvalue weighted by molar-refractivity contribution is -0.136. The van der Waals surface area contributed by atoms with Gasteiger partial charge in [-0.05, 0) is 19.9 Å². The Morgan fingerprint density at radius 2 is 1.71 bits per heavy atom. The number of sulfonamides is 1. The molecule has 0 amide bonds. The maximum Gasteiger partial charge on any atom is 0.323 e. The number of piperazine rings is 1. The van der Waals surface area contributed by atoms with Gasteiger partial charge in [0, 0.05) is 38.8 Å². The molecule has 1 fully saturated rings. The molecular formula is C13H27N3O4S. The molecule has 0 aromatic rings. The first-order valence-corrected chi connectivity index (χ1v) is 8.83. The molecule has 1 rings (SSSR count). The van der Waals surface area contributed by atoms with Crippen molar-refractivity contribution in [1.29, 1.82) is 0 Å². The molecule has 0 bridgehead atoms. The maximum atomic E-state index is 11.9. The standard InChI is InChI=1S/C13H27N3O4S/c1-10(2)12(16-7-5-15(4)6-8-16)9-14-21(19,20)11(3)13(17)18/h10-12,14H,5-9H2,1-4H3,(H,17,18). The maximum absolute atomic E-state index is 11.9. The predicted octanol–water partition coefficient (Wildman–Crippen LogP) is -0.349. The van der Waals surface area contributed by atoms with Crippen LogP contribution in [0.1, 0.15) is 20.8 Å². The molecule has 21 heavy (non-hydrogen) atoms. The molecule has 0 spiro atoms. The molecule has 0 radical (unpaired) electrons. The summed E-state index contributed by atoms with van der Waals surface area (Å²) in [6.45, 7) is 9.26. The molecule has 7 nitrogen and oxygen atoms in total. The van der Waals surface area contributed by atoms with Crippen molar-refractivity contribution in [3.05, 3.63) is 0 Å². The van der Waals surface area contributed by atoms with Crippen LogP contribution in [-0.4, -0.2) is 80.4 Å². The number of nitrogens with one attached hydrogen (secondary N) is 1. The Morgan fingerprint density at radius 1 is 1.19 bits per heavy atom. The van der Waals surface area contributed by atoms with E-state index in [1.54, 1.807) is 0 Å². The predicted molar refractivity (Wildman–Crippen MR) is 81.7 cm³/mol. The van der Waals surface area contributed by atoms with E-state index >= 15 is 0 Å².